The van der Waals surface area contributed by atoms with E-state index < -0.39 is 31.0 Å². The normalized spacial score (nSPS) is 13.5. The first-order valence-corrected chi connectivity index (χ1v) is 19.1. The Morgan fingerprint density at radius 2 is 1.55 bits per heavy atom. The van der Waals surface area contributed by atoms with Gasteiger partial charge in [0.15, 0.2) is 6.61 Å². The van der Waals surface area contributed by atoms with Crippen molar-refractivity contribution >= 4 is 44.3 Å². The molecule has 1 heterocycles. The molecule has 0 spiro atoms. The van der Waals surface area contributed by atoms with Crippen LogP contribution >= 0.6 is 0 Å². The number of aliphatic hydroxyl groups excluding tert-OH is 1. The lowest BCUT2D eigenvalue weighted by Gasteiger charge is -2.21. The van der Waals surface area contributed by atoms with Crippen LogP contribution in [0.15, 0.2) is 90.1 Å². The third-order valence-corrected chi connectivity index (χ3v) is 10.6. The molecule has 6 rings (SSSR count). The number of para-hydroxylation sites is 1. The van der Waals surface area contributed by atoms with Gasteiger partial charge in [-0.1, -0.05) is 98.4 Å². The highest BCUT2D eigenvalue weighted by Gasteiger charge is 2.42. The zero-order valence-corrected chi connectivity index (χ0v) is 32.6. The van der Waals surface area contributed by atoms with Gasteiger partial charge in [-0.2, -0.15) is 8.78 Å². The summed E-state index contributed by atoms with van der Waals surface area (Å²) in [5.41, 5.74) is 7.35. The molecule has 2 atom stereocenters. The van der Waals surface area contributed by atoms with Gasteiger partial charge < -0.3 is 19.2 Å². The van der Waals surface area contributed by atoms with E-state index in [9.17, 15) is 27.5 Å². The Bertz CT molecular complexity index is 2400. The van der Waals surface area contributed by atoms with E-state index in [0.717, 1.165) is 92.6 Å². The summed E-state index contributed by atoms with van der Waals surface area (Å²) in [7, 11) is 0. The number of carbonyl (C=O) groups excluding carboxylic acids is 1. The Kier molecular flexibility index (Phi) is 12.2. The molecule has 0 fully saturated rings. The van der Waals surface area contributed by atoms with Crippen molar-refractivity contribution < 1.29 is 37.0 Å². The highest BCUT2D eigenvalue weighted by atomic mass is 19.3. The molecule has 0 aliphatic carbocycles. The molecule has 0 radical (unpaired) electrons. The van der Waals surface area contributed by atoms with E-state index in [-0.39, 0.29) is 17.0 Å². The highest BCUT2D eigenvalue weighted by molar-refractivity contribution is 6.21. The van der Waals surface area contributed by atoms with E-state index in [1.165, 1.54) is 19.1 Å². The predicted molar refractivity (Wildman–Crippen MR) is 215 cm³/mol. The van der Waals surface area contributed by atoms with Gasteiger partial charge in [-0.05, 0) is 91.1 Å². The number of aromatic nitrogens is 1. The Balaban J connectivity index is 1.63. The molecule has 0 aliphatic heterocycles. The number of ether oxygens (including phenoxy) is 1. The van der Waals surface area contributed by atoms with Crippen LogP contribution in [0.2, 0.25) is 0 Å². The van der Waals surface area contributed by atoms with Crippen molar-refractivity contribution in [3.63, 3.8) is 0 Å². The van der Waals surface area contributed by atoms with Gasteiger partial charge in [-0.3, -0.25) is 0 Å². The zero-order chi connectivity index (χ0) is 40.3. The largest absolute Gasteiger partial charge is 0.486 e. The smallest absolute Gasteiger partial charge is 0.340 e. The molecular formula is C46H48F4N2O4. The number of hydrogen-bond donors (Lipinski definition) is 1. The molecule has 1 N–H and O–H groups in total. The van der Waals surface area contributed by atoms with Gasteiger partial charge in [0.25, 0.3) is 0 Å². The van der Waals surface area contributed by atoms with E-state index in [0.29, 0.717) is 11.5 Å². The number of fused-ring (bicyclic) bond motifs is 5. The van der Waals surface area contributed by atoms with Crippen LogP contribution in [-0.4, -0.2) is 40.3 Å². The monoisotopic (exact) mass is 768 g/mol. The second-order valence-electron chi connectivity index (χ2n) is 14.8. The quantitative estimate of drug-likeness (QED) is 0.0489. The lowest BCUT2D eigenvalue weighted by molar-refractivity contribution is -0.148. The maximum Gasteiger partial charge on any atom is 0.340 e. The molecule has 294 valence electrons. The first-order valence-electron chi connectivity index (χ1n) is 19.1. The molecule has 0 amide bonds. The van der Waals surface area contributed by atoms with Gasteiger partial charge in [0, 0.05) is 46.3 Å². The molecule has 5 aromatic carbocycles. The minimum atomic E-state index is -4.39. The van der Waals surface area contributed by atoms with Crippen molar-refractivity contribution in [2.45, 2.75) is 92.2 Å². The number of oxime groups is 1. The highest BCUT2D eigenvalue weighted by Crippen LogP contribution is 2.42. The van der Waals surface area contributed by atoms with E-state index in [1.807, 2.05) is 57.2 Å². The summed E-state index contributed by atoms with van der Waals surface area (Å²) in [5.74, 6) is -4.85. The molecule has 2 unspecified atom stereocenters. The standard InChI is InChI=1S/C46H48F4N2O4/c1-7-9-14-31(8-2)25-52-39-20-19-32(42(51-56-30(6)53)35-17-12-13-18-40(35)55-26-46(49,50)45(47)48)23-36(39)37-24-38(33-15-10-11-16-34(33)43(37)52)44(54)41-28(4)21-27(3)22-29(41)5/h10-13,15-24,31,44-45,54H,7-9,14,25-26H2,1-6H3/b51-42+. The SMILES string of the molecule is CCCCC(CC)Cn1c2ccc(/C(=N\OC(C)=O)c3ccccc3OCC(F)(F)C(F)F)cc2c2cc(C(O)c3c(C)cc(C)cc3C)c3ccccc3c21. The summed E-state index contributed by atoms with van der Waals surface area (Å²) in [4.78, 5) is 17.2. The predicted octanol–water partition coefficient (Wildman–Crippen LogP) is 11.8. The van der Waals surface area contributed by atoms with Gasteiger partial charge in [0.2, 0.25) is 0 Å². The van der Waals surface area contributed by atoms with Crippen LogP contribution in [0.5, 0.6) is 5.75 Å². The summed E-state index contributed by atoms with van der Waals surface area (Å²) >= 11 is 0. The van der Waals surface area contributed by atoms with Crippen molar-refractivity contribution in [3.05, 3.63) is 124 Å². The number of nitrogens with zero attached hydrogens (tertiary/aromatic N) is 2. The summed E-state index contributed by atoms with van der Waals surface area (Å²) < 4.78 is 61.9. The molecule has 6 nitrogen and oxygen atoms in total. The van der Waals surface area contributed by atoms with Gasteiger partial charge in [-0.25, -0.2) is 13.6 Å². The zero-order valence-electron chi connectivity index (χ0n) is 32.6. The number of halogens is 4. The average molecular weight is 769 g/mol. The molecule has 10 heteroatoms. The van der Waals surface area contributed by atoms with E-state index in [4.69, 9.17) is 9.57 Å². The van der Waals surface area contributed by atoms with Crippen LogP contribution in [0.3, 0.4) is 0 Å². The minimum Gasteiger partial charge on any atom is -0.486 e. The Morgan fingerprint density at radius 3 is 2.21 bits per heavy atom. The number of hydrogen-bond acceptors (Lipinski definition) is 5. The number of rotatable bonds is 15. The first-order chi connectivity index (χ1) is 26.7. The second kappa shape index (κ2) is 16.9. The summed E-state index contributed by atoms with van der Waals surface area (Å²) in [6.45, 7) is 10.8. The maximum atomic E-state index is 14.0. The molecule has 6 aromatic rings. The molecular weight excluding hydrogens is 721 g/mol. The lowest BCUT2D eigenvalue weighted by Crippen LogP contribution is -2.34. The van der Waals surface area contributed by atoms with Crippen molar-refractivity contribution in [3.8, 4) is 5.75 Å². The van der Waals surface area contributed by atoms with Crippen molar-refractivity contribution in [2.75, 3.05) is 6.61 Å². The number of unbranched alkanes of at least 4 members (excludes halogenated alkanes) is 1. The fourth-order valence-electron chi connectivity index (χ4n) is 7.90. The van der Waals surface area contributed by atoms with Crippen LogP contribution in [-0.2, 0) is 16.2 Å². The molecule has 0 saturated carbocycles. The Labute approximate surface area is 324 Å². The van der Waals surface area contributed by atoms with Crippen molar-refractivity contribution in [1.29, 1.82) is 0 Å². The van der Waals surface area contributed by atoms with E-state index in [1.54, 1.807) is 12.1 Å². The maximum absolute atomic E-state index is 14.0. The second-order valence-corrected chi connectivity index (χ2v) is 14.8. The van der Waals surface area contributed by atoms with Crippen LogP contribution in [0.1, 0.15) is 91.5 Å². The number of carbonyl (C=O) groups is 1. The Hall–Kier alpha value is -5.22. The van der Waals surface area contributed by atoms with E-state index >= 15 is 0 Å². The minimum absolute atomic E-state index is 0.0836. The van der Waals surface area contributed by atoms with E-state index in [2.05, 4.69) is 47.8 Å². The van der Waals surface area contributed by atoms with Gasteiger partial charge in [0.1, 0.15) is 17.6 Å². The van der Waals surface area contributed by atoms with Crippen LogP contribution in [0.25, 0.3) is 32.6 Å². The van der Waals surface area contributed by atoms with Gasteiger partial charge >= 0.3 is 18.3 Å². The fraction of sp³-hybridized carbons (Fsp3) is 0.348. The van der Waals surface area contributed by atoms with Crippen LogP contribution < -0.4 is 4.74 Å². The van der Waals surface area contributed by atoms with Gasteiger partial charge in [0.05, 0.1) is 5.52 Å². The summed E-state index contributed by atoms with van der Waals surface area (Å²) in [6.07, 6.45) is -0.613. The molecule has 0 aliphatic rings. The van der Waals surface area contributed by atoms with Crippen LogP contribution in [0.4, 0.5) is 17.6 Å². The molecule has 56 heavy (non-hydrogen) atoms. The van der Waals surface area contributed by atoms with Crippen LogP contribution in [0, 0.1) is 26.7 Å². The Morgan fingerprint density at radius 1 is 0.875 bits per heavy atom. The summed E-state index contributed by atoms with van der Waals surface area (Å²) in [5, 5.41) is 20.0. The molecule has 0 bridgehead atoms. The molecule has 1 aromatic heterocycles. The summed E-state index contributed by atoms with van der Waals surface area (Å²) in [6, 6.07) is 26.1. The number of alkyl halides is 4. The van der Waals surface area contributed by atoms with Crippen molar-refractivity contribution in [1.82, 2.24) is 4.57 Å². The number of aliphatic hydroxyl groups is 1. The van der Waals surface area contributed by atoms with Crippen molar-refractivity contribution in [2.24, 2.45) is 11.1 Å². The molecule has 0 saturated heterocycles. The topological polar surface area (TPSA) is 73.1 Å². The number of benzene rings is 5. The van der Waals surface area contributed by atoms with Gasteiger partial charge in [-0.15, -0.1) is 0 Å². The lowest BCUT2D eigenvalue weighted by atomic mass is 9.88. The fourth-order valence-corrected chi connectivity index (χ4v) is 7.90. The average Bonchev–Trinajstić information content (AvgIpc) is 3.47. The first kappa shape index (κ1) is 40.4. The number of aryl methyl sites for hydroxylation is 3. The third kappa shape index (κ3) is 8.17. The third-order valence-electron chi connectivity index (χ3n) is 10.6.